The van der Waals surface area contributed by atoms with E-state index in [2.05, 4.69) is 4.67 Å². The second kappa shape index (κ2) is 7.03. The normalized spacial score (nSPS) is 23.7. The molecule has 1 aliphatic rings. The molecule has 1 fully saturated rings. The van der Waals surface area contributed by atoms with Crippen LogP contribution < -0.4 is 10.3 Å². The maximum Gasteiger partial charge on any atom is 0.359 e. The summed E-state index contributed by atoms with van der Waals surface area (Å²) in [6.07, 6.45) is 4.46. The van der Waals surface area contributed by atoms with Crippen molar-refractivity contribution in [2.24, 2.45) is 5.73 Å². The summed E-state index contributed by atoms with van der Waals surface area (Å²) in [5.74, 6) is -0.497. The zero-order valence-electron chi connectivity index (χ0n) is 10.6. The number of primary amides is 1. The van der Waals surface area contributed by atoms with Gasteiger partial charge >= 0.3 is 8.60 Å². The van der Waals surface area contributed by atoms with Crippen molar-refractivity contribution >= 4 is 14.5 Å². The minimum absolute atomic E-state index is 0.120. The predicted octanol–water partition coefficient (Wildman–Crippen LogP) is 0.476. The second-order valence-corrected chi connectivity index (χ2v) is 5.21. The number of nitrogens with two attached hydrogens (primary N) is 1. The van der Waals surface area contributed by atoms with Gasteiger partial charge in [-0.1, -0.05) is 0 Å². The topological polar surface area (TPSA) is 115 Å². The van der Waals surface area contributed by atoms with E-state index in [1.807, 2.05) is 0 Å². The van der Waals surface area contributed by atoms with Crippen LogP contribution in [0.2, 0.25) is 0 Å². The Morgan fingerprint density at radius 1 is 1.60 bits per heavy atom. The Bertz CT molecular complexity index is 474. The second-order valence-electron chi connectivity index (χ2n) is 4.31. The molecule has 0 aliphatic carbocycles. The van der Waals surface area contributed by atoms with E-state index in [0.29, 0.717) is 5.56 Å². The van der Waals surface area contributed by atoms with Crippen molar-refractivity contribution in [3.8, 4) is 0 Å². The maximum absolute atomic E-state index is 11.1. The molecular weight excluding hydrogens is 287 g/mol. The standard InChI is InChI=1S/C11H15N2O6P/c12-11(14)8-2-1-5-13(6-8)10-4-3-9(18-10)7-17-20(16)19-15/h1-2,5-6,9-10,16H,3-4,7H2,(H2-,12,14,15)/p+1. The van der Waals surface area contributed by atoms with Gasteiger partial charge in [-0.2, -0.15) is 9.24 Å². The predicted molar refractivity (Wildman–Crippen MR) is 67.1 cm³/mol. The minimum atomic E-state index is -2.27. The Balaban J connectivity index is 1.92. The number of carbonyl (C=O) groups is 1. The first-order chi connectivity index (χ1) is 9.60. The Labute approximate surface area is 116 Å². The van der Waals surface area contributed by atoms with Gasteiger partial charge in [0, 0.05) is 12.5 Å². The van der Waals surface area contributed by atoms with Crippen molar-refractivity contribution in [1.82, 2.24) is 0 Å². The molecule has 1 aliphatic heterocycles. The zero-order valence-corrected chi connectivity index (χ0v) is 11.5. The van der Waals surface area contributed by atoms with Gasteiger partial charge in [0.2, 0.25) is 0 Å². The van der Waals surface area contributed by atoms with E-state index in [4.69, 9.17) is 25.1 Å². The van der Waals surface area contributed by atoms with Crippen LogP contribution in [0.25, 0.3) is 0 Å². The highest BCUT2D eigenvalue weighted by atomic mass is 31.2. The molecule has 1 saturated heterocycles. The van der Waals surface area contributed by atoms with Gasteiger partial charge in [0.1, 0.15) is 5.56 Å². The summed E-state index contributed by atoms with van der Waals surface area (Å²) in [5.41, 5.74) is 5.63. The number of nitrogens with zero attached hydrogens (tertiary/aromatic N) is 1. The minimum Gasteiger partial charge on any atom is -0.365 e. The molecule has 110 valence electrons. The van der Waals surface area contributed by atoms with E-state index in [0.717, 1.165) is 12.8 Å². The van der Waals surface area contributed by atoms with Crippen LogP contribution in [0, 0.1) is 0 Å². The quantitative estimate of drug-likeness (QED) is 0.305. The number of hydrogen-bond acceptors (Lipinski definition) is 6. The highest BCUT2D eigenvalue weighted by Gasteiger charge is 2.32. The molecule has 1 aromatic rings. The van der Waals surface area contributed by atoms with Crippen molar-refractivity contribution < 1.29 is 33.4 Å². The van der Waals surface area contributed by atoms with Gasteiger partial charge in [-0.3, -0.25) is 4.79 Å². The molecular formula is C11H16N2O6P+. The first-order valence-electron chi connectivity index (χ1n) is 5.99. The van der Waals surface area contributed by atoms with Crippen molar-refractivity contribution in [2.45, 2.75) is 25.2 Å². The molecule has 2 rings (SSSR count). The summed E-state index contributed by atoms with van der Waals surface area (Å²) < 4.78 is 16.0. The van der Waals surface area contributed by atoms with Crippen molar-refractivity contribution in [1.29, 1.82) is 0 Å². The molecule has 1 amide bonds. The van der Waals surface area contributed by atoms with E-state index in [1.165, 1.54) is 0 Å². The summed E-state index contributed by atoms with van der Waals surface area (Å²) >= 11 is 0. The molecule has 4 N–H and O–H groups in total. The van der Waals surface area contributed by atoms with Gasteiger partial charge in [0.05, 0.1) is 12.7 Å². The third kappa shape index (κ3) is 3.92. The van der Waals surface area contributed by atoms with Crippen molar-refractivity contribution in [2.75, 3.05) is 6.61 Å². The van der Waals surface area contributed by atoms with Crippen LogP contribution in [0.1, 0.15) is 29.4 Å². The molecule has 8 nitrogen and oxygen atoms in total. The van der Waals surface area contributed by atoms with E-state index in [-0.39, 0.29) is 18.9 Å². The van der Waals surface area contributed by atoms with E-state index in [1.54, 1.807) is 29.1 Å². The highest BCUT2D eigenvalue weighted by molar-refractivity contribution is 7.40. The number of rotatable bonds is 6. The lowest BCUT2D eigenvalue weighted by Crippen LogP contribution is -2.40. The van der Waals surface area contributed by atoms with Crippen LogP contribution in [0.4, 0.5) is 0 Å². The number of carbonyl (C=O) groups excluding carboxylic acids is 1. The summed E-state index contributed by atoms with van der Waals surface area (Å²) in [6, 6.07) is 3.35. The van der Waals surface area contributed by atoms with E-state index >= 15 is 0 Å². The molecule has 20 heavy (non-hydrogen) atoms. The zero-order chi connectivity index (χ0) is 14.5. The third-order valence-corrected chi connectivity index (χ3v) is 3.47. The smallest absolute Gasteiger partial charge is 0.359 e. The van der Waals surface area contributed by atoms with Gasteiger partial charge in [-0.25, -0.2) is 5.26 Å². The summed E-state index contributed by atoms with van der Waals surface area (Å²) in [6.45, 7) is 0.120. The molecule has 0 aromatic carbocycles. The van der Waals surface area contributed by atoms with Gasteiger partial charge < -0.3 is 19.9 Å². The molecule has 0 spiro atoms. The van der Waals surface area contributed by atoms with Crippen molar-refractivity contribution in [3.05, 3.63) is 30.1 Å². The fraction of sp³-hybridized carbons (Fsp3) is 0.455. The van der Waals surface area contributed by atoms with Gasteiger partial charge in [-0.15, -0.1) is 0 Å². The number of ether oxygens (including phenoxy) is 1. The Morgan fingerprint density at radius 2 is 2.40 bits per heavy atom. The maximum atomic E-state index is 11.1. The third-order valence-electron chi connectivity index (χ3n) is 2.97. The van der Waals surface area contributed by atoms with Crippen LogP contribution in [0.15, 0.2) is 24.5 Å². The first kappa shape index (κ1) is 15.2. The molecule has 3 atom stereocenters. The molecule has 3 unspecified atom stereocenters. The fourth-order valence-electron chi connectivity index (χ4n) is 2.02. The number of hydrogen-bond donors (Lipinski definition) is 3. The molecule has 0 bridgehead atoms. The van der Waals surface area contributed by atoms with Gasteiger partial charge in [0.15, 0.2) is 12.4 Å². The first-order valence-corrected chi connectivity index (χ1v) is 7.12. The Hall–Kier alpha value is -1.15. The average molecular weight is 303 g/mol. The average Bonchev–Trinajstić information content (AvgIpc) is 2.93. The lowest BCUT2D eigenvalue weighted by atomic mass is 10.2. The fourth-order valence-corrected chi connectivity index (χ4v) is 2.36. The van der Waals surface area contributed by atoms with Crippen LogP contribution in [-0.4, -0.2) is 28.8 Å². The molecule has 0 saturated carbocycles. The van der Waals surface area contributed by atoms with E-state index in [9.17, 15) is 4.79 Å². The number of amides is 1. The van der Waals surface area contributed by atoms with Crippen LogP contribution in [0.3, 0.4) is 0 Å². The number of pyridine rings is 1. The summed E-state index contributed by atoms with van der Waals surface area (Å²) in [5, 5.41) is 8.19. The summed E-state index contributed by atoms with van der Waals surface area (Å²) in [4.78, 5) is 20.1. The SMILES string of the molecule is NC(=O)c1ccc[n+](C2CCC(COP(O)OO)O2)c1. The molecule has 0 radical (unpaired) electrons. The molecule has 2 heterocycles. The lowest BCUT2D eigenvalue weighted by molar-refractivity contribution is -0.759. The Kier molecular flexibility index (Phi) is 5.36. The van der Waals surface area contributed by atoms with Crippen LogP contribution >= 0.6 is 8.60 Å². The molecule has 9 heteroatoms. The van der Waals surface area contributed by atoms with E-state index < -0.39 is 14.5 Å². The lowest BCUT2D eigenvalue weighted by Gasteiger charge is -2.12. The summed E-state index contributed by atoms with van der Waals surface area (Å²) in [7, 11) is -2.27. The largest absolute Gasteiger partial charge is 0.365 e. The van der Waals surface area contributed by atoms with Gasteiger partial charge in [0.25, 0.3) is 12.1 Å². The van der Waals surface area contributed by atoms with Crippen LogP contribution in [0.5, 0.6) is 0 Å². The van der Waals surface area contributed by atoms with Crippen LogP contribution in [-0.2, 0) is 13.9 Å². The van der Waals surface area contributed by atoms with Crippen molar-refractivity contribution in [3.63, 3.8) is 0 Å². The van der Waals surface area contributed by atoms with Gasteiger partial charge in [-0.05, 0) is 12.5 Å². The molecule has 1 aromatic heterocycles. The monoisotopic (exact) mass is 303 g/mol. The Morgan fingerprint density at radius 3 is 3.10 bits per heavy atom. The number of aromatic nitrogens is 1. The highest BCUT2D eigenvalue weighted by Crippen LogP contribution is 2.33.